The number of nitrogen functional groups attached to an aromatic ring is 1. The molecule has 3 nitrogen and oxygen atoms in total. The van der Waals surface area contributed by atoms with Gasteiger partial charge in [0.1, 0.15) is 5.82 Å². The number of aromatic nitrogens is 2. The Hall–Kier alpha value is -1.12. The van der Waals surface area contributed by atoms with Gasteiger partial charge in [-0.3, -0.25) is 0 Å². The molecule has 64 valence electrons. The first-order valence-electron chi connectivity index (χ1n) is 4.41. The van der Waals surface area contributed by atoms with Crippen molar-refractivity contribution < 1.29 is 0 Å². The van der Waals surface area contributed by atoms with Crippen LogP contribution in [0.25, 0.3) is 0 Å². The Kier molecular flexibility index (Phi) is 1.94. The predicted molar refractivity (Wildman–Crippen MR) is 47.5 cm³/mol. The lowest BCUT2D eigenvalue weighted by Gasteiger charge is -1.97. The Bertz CT molecular complexity index is 251. The Morgan fingerprint density at radius 1 is 1.33 bits per heavy atom. The molecule has 0 amide bonds. The van der Waals surface area contributed by atoms with Gasteiger partial charge in [0.2, 0.25) is 0 Å². The number of anilines is 1. The summed E-state index contributed by atoms with van der Waals surface area (Å²) < 4.78 is 0. The van der Waals surface area contributed by atoms with Gasteiger partial charge in [0.05, 0.1) is 18.1 Å². The zero-order chi connectivity index (χ0) is 8.39. The summed E-state index contributed by atoms with van der Waals surface area (Å²) in [6.45, 7) is 0. The van der Waals surface area contributed by atoms with Crippen molar-refractivity contribution in [3.05, 3.63) is 18.2 Å². The van der Waals surface area contributed by atoms with Crippen molar-refractivity contribution in [3.8, 4) is 0 Å². The molecule has 0 atom stereocenters. The average molecular weight is 163 g/mol. The normalized spacial score (nSPS) is 16.3. The molecule has 1 aliphatic carbocycles. The van der Waals surface area contributed by atoms with E-state index in [2.05, 4.69) is 9.97 Å². The molecule has 2 N–H and O–H groups in total. The Labute approximate surface area is 72.0 Å². The first-order valence-corrected chi connectivity index (χ1v) is 4.41. The predicted octanol–water partition coefficient (Wildman–Crippen LogP) is 1.40. The van der Waals surface area contributed by atoms with E-state index in [1.54, 1.807) is 12.4 Å². The van der Waals surface area contributed by atoms with Crippen LogP contribution in [0.5, 0.6) is 0 Å². The summed E-state index contributed by atoms with van der Waals surface area (Å²) in [6.07, 6.45) is 8.39. The van der Waals surface area contributed by atoms with Crippen molar-refractivity contribution in [1.29, 1.82) is 0 Å². The molecule has 12 heavy (non-hydrogen) atoms. The molecule has 0 radical (unpaired) electrons. The zero-order valence-electron chi connectivity index (χ0n) is 7.03. The molecule has 1 aromatic heterocycles. The molecule has 1 saturated carbocycles. The molecule has 0 bridgehead atoms. The second kappa shape index (κ2) is 3.09. The number of hydrogen-bond acceptors (Lipinski definition) is 3. The van der Waals surface area contributed by atoms with Crippen molar-refractivity contribution in [2.75, 3.05) is 5.73 Å². The highest BCUT2D eigenvalue weighted by Gasteiger charge is 2.20. The Balaban J connectivity index is 1.89. The van der Waals surface area contributed by atoms with Gasteiger partial charge in [0.25, 0.3) is 0 Å². The van der Waals surface area contributed by atoms with Crippen LogP contribution in [0.3, 0.4) is 0 Å². The summed E-state index contributed by atoms with van der Waals surface area (Å²) in [7, 11) is 0. The zero-order valence-corrected chi connectivity index (χ0v) is 7.03. The van der Waals surface area contributed by atoms with Crippen LogP contribution in [0.4, 0.5) is 5.69 Å². The first kappa shape index (κ1) is 7.53. The standard InChI is InChI=1S/C9H13N3/c10-8-5-11-9(12-6-8)4-3-7-1-2-7/h5-7H,1-4,10H2. The lowest BCUT2D eigenvalue weighted by Crippen LogP contribution is -1.97. The van der Waals surface area contributed by atoms with E-state index in [9.17, 15) is 0 Å². The number of hydrogen-bond donors (Lipinski definition) is 1. The van der Waals surface area contributed by atoms with Crippen molar-refractivity contribution in [2.24, 2.45) is 5.92 Å². The minimum absolute atomic E-state index is 0.644. The lowest BCUT2D eigenvalue weighted by molar-refractivity contribution is 0.697. The third kappa shape index (κ3) is 1.94. The molecule has 3 heteroatoms. The second-order valence-electron chi connectivity index (χ2n) is 3.41. The van der Waals surface area contributed by atoms with Crippen LogP contribution in [0, 0.1) is 5.92 Å². The molecular weight excluding hydrogens is 150 g/mol. The lowest BCUT2D eigenvalue weighted by atomic mass is 10.2. The fourth-order valence-corrected chi connectivity index (χ4v) is 1.23. The fourth-order valence-electron chi connectivity index (χ4n) is 1.23. The van der Waals surface area contributed by atoms with Gasteiger partial charge >= 0.3 is 0 Å². The Morgan fingerprint density at radius 2 is 2.00 bits per heavy atom. The molecule has 1 aliphatic rings. The minimum atomic E-state index is 0.644. The second-order valence-corrected chi connectivity index (χ2v) is 3.41. The summed E-state index contributed by atoms with van der Waals surface area (Å²) in [5, 5.41) is 0. The van der Waals surface area contributed by atoms with Crippen LogP contribution in [0.1, 0.15) is 25.1 Å². The third-order valence-electron chi connectivity index (χ3n) is 2.20. The average Bonchev–Trinajstić information content (AvgIpc) is 2.87. The molecule has 0 aliphatic heterocycles. The highest BCUT2D eigenvalue weighted by atomic mass is 14.9. The third-order valence-corrected chi connectivity index (χ3v) is 2.20. The molecule has 1 heterocycles. The van der Waals surface area contributed by atoms with E-state index >= 15 is 0 Å². The monoisotopic (exact) mass is 163 g/mol. The SMILES string of the molecule is Nc1cnc(CCC2CC2)nc1. The van der Waals surface area contributed by atoms with Gasteiger partial charge in [0, 0.05) is 6.42 Å². The van der Waals surface area contributed by atoms with E-state index in [-0.39, 0.29) is 0 Å². The van der Waals surface area contributed by atoms with Gasteiger partial charge in [0.15, 0.2) is 0 Å². The van der Waals surface area contributed by atoms with Crippen molar-refractivity contribution in [3.63, 3.8) is 0 Å². The van der Waals surface area contributed by atoms with Gasteiger partial charge in [-0.05, 0) is 12.3 Å². The van der Waals surface area contributed by atoms with Crippen LogP contribution in [-0.2, 0) is 6.42 Å². The summed E-state index contributed by atoms with van der Waals surface area (Å²) in [6, 6.07) is 0. The number of nitrogens with zero attached hydrogens (tertiary/aromatic N) is 2. The molecule has 1 fully saturated rings. The van der Waals surface area contributed by atoms with E-state index in [4.69, 9.17) is 5.73 Å². The number of nitrogens with two attached hydrogens (primary N) is 1. The number of aryl methyl sites for hydroxylation is 1. The van der Waals surface area contributed by atoms with Gasteiger partial charge in [-0.1, -0.05) is 12.8 Å². The van der Waals surface area contributed by atoms with Crippen LogP contribution < -0.4 is 5.73 Å². The van der Waals surface area contributed by atoms with Crippen LogP contribution in [-0.4, -0.2) is 9.97 Å². The summed E-state index contributed by atoms with van der Waals surface area (Å²) >= 11 is 0. The molecule has 1 aromatic rings. The number of rotatable bonds is 3. The largest absolute Gasteiger partial charge is 0.396 e. The van der Waals surface area contributed by atoms with Crippen molar-refractivity contribution >= 4 is 5.69 Å². The van der Waals surface area contributed by atoms with Gasteiger partial charge in [-0.25, -0.2) is 9.97 Å². The van der Waals surface area contributed by atoms with E-state index in [1.165, 1.54) is 19.3 Å². The summed E-state index contributed by atoms with van der Waals surface area (Å²) in [4.78, 5) is 8.28. The maximum absolute atomic E-state index is 5.47. The van der Waals surface area contributed by atoms with Crippen molar-refractivity contribution in [1.82, 2.24) is 9.97 Å². The molecule has 0 spiro atoms. The Morgan fingerprint density at radius 3 is 2.58 bits per heavy atom. The smallest absolute Gasteiger partial charge is 0.128 e. The molecule has 0 saturated heterocycles. The summed E-state index contributed by atoms with van der Waals surface area (Å²) in [5.74, 6) is 1.88. The van der Waals surface area contributed by atoms with E-state index in [0.29, 0.717) is 5.69 Å². The van der Waals surface area contributed by atoms with Gasteiger partial charge in [-0.2, -0.15) is 0 Å². The van der Waals surface area contributed by atoms with Gasteiger partial charge < -0.3 is 5.73 Å². The maximum Gasteiger partial charge on any atom is 0.128 e. The topological polar surface area (TPSA) is 51.8 Å². The van der Waals surface area contributed by atoms with Gasteiger partial charge in [-0.15, -0.1) is 0 Å². The van der Waals surface area contributed by atoms with Crippen LogP contribution >= 0.6 is 0 Å². The highest BCUT2D eigenvalue weighted by Crippen LogP contribution is 2.33. The van der Waals surface area contributed by atoms with E-state index in [0.717, 1.165) is 18.2 Å². The first-order chi connectivity index (χ1) is 5.84. The minimum Gasteiger partial charge on any atom is -0.396 e. The molecule has 0 unspecified atom stereocenters. The van der Waals surface area contributed by atoms with E-state index in [1.807, 2.05) is 0 Å². The van der Waals surface area contributed by atoms with Crippen LogP contribution in [0.15, 0.2) is 12.4 Å². The molecule has 0 aromatic carbocycles. The summed E-state index contributed by atoms with van der Waals surface area (Å²) in [5.41, 5.74) is 6.11. The highest BCUT2D eigenvalue weighted by molar-refractivity contribution is 5.30. The maximum atomic E-state index is 5.47. The molecular formula is C9H13N3. The quantitative estimate of drug-likeness (QED) is 0.732. The van der Waals surface area contributed by atoms with Crippen molar-refractivity contribution in [2.45, 2.75) is 25.7 Å². The molecule has 2 rings (SSSR count). The van der Waals surface area contributed by atoms with E-state index < -0.39 is 0 Å². The fraction of sp³-hybridized carbons (Fsp3) is 0.556. The van der Waals surface area contributed by atoms with Crippen LogP contribution in [0.2, 0.25) is 0 Å².